The third-order valence-corrected chi connectivity index (χ3v) is 2.87. The summed E-state index contributed by atoms with van der Waals surface area (Å²) in [5.41, 5.74) is 2.93. The molecule has 4 heteroatoms. The van der Waals surface area contributed by atoms with E-state index < -0.39 is 0 Å². The van der Waals surface area contributed by atoms with Crippen molar-refractivity contribution >= 4 is 17.5 Å². The average molecular weight is 228 g/mol. The normalized spacial score (nSPS) is 18.2. The van der Waals surface area contributed by atoms with Crippen molar-refractivity contribution in [1.82, 2.24) is 0 Å². The van der Waals surface area contributed by atoms with Crippen molar-refractivity contribution in [2.45, 2.75) is 13.0 Å². The van der Waals surface area contributed by atoms with Crippen LogP contribution in [0.15, 0.2) is 41.0 Å². The molecule has 86 valence electrons. The number of rotatable bonds is 1. The monoisotopic (exact) mass is 228 g/mol. The highest BCUT2D eigenvalue weighted by Gasteiger charge is 2.28. The molecule has 0 aliphatic carbocycles. The third kappa shape index (κ3) is 1.67. The summed E-state index contributed by atoms with van der Waals surface area (Å²) in [5, 5.41) is 5.89. The van der Waals surface area contributed by atoms with Crippen LogP contribution >= 0.6 is 0 Å². The minimum atomic E-state index is -0.360. The molecule has 1 aromatic carbocycles. The lowest BCUT2D eigenvalue weighted by atomic mass is 10.0. The molecule has 4 nitrogen and oxygen atoms in total. The van der Waals surface area contributed by atoms with Crippen molar-refractivity contribution < 1.29 is 9.21 Å². The summed E-state index contributed by atoms with van der Waals surface area (Å²) in [6.45, 7) is 2.02. The number of carbonyl (C=O) groups excluding carboxylic acids is 1. The molecule has 3 rings (SSSR count). The molecule has 0 saturated carbocycles. The van der Waals surface area contributed by atoms with Gasteiger partial charge in [-0.15, -0.1) is 0 Å². The van der Waals surface area contributed by atoms with Gasteiger partial charge < -0.3 is 9.73 Å². The second-order valence-corrected chi connectivity index (χ2v) is 4.14. The number of furan rings is 1. The Kier molecular flexibility index (Phi) is 2.14. The Morgan fingerprint density at radius 2 is 1.94 bits per heavy atom. The summed E-state index contributed by atoms with van der Waals surface area (Å²) in [4.78, 5) is 11.9. The van der Waals surface area contributed by atoms with Crippen LogP contribution in [0.4, 0.5) is 11.6 Å². The molecule has 1 aliphatic rings. The summed E-state index contributed by atoms with van der Waals surface area (Å²) >= 11 is 0. The van der Waals surface area contributed by atoms with Gasteiger partial charge in [0, 0.05) is 6.07 Å². The molecule has 2 heterocycles. The zero-order valence-corrected chi connectivity index (χ0v) is 9.36. The minimum absolute atomic E-state index is 0.101. The minimum Gasteiger partial charge on any atom is -0.446 e. The molecular formula is C13H12N2O2. The number of hydrogen-bond donors (Lipinski definition) is 2. The van der Waals surface area contributed by atoms with Crippen molar-refractivity contribution in [3.8, 4) is 0 Å². The molecule has 0 bridgehead atoms. The maximum Gasteiger partial charge on any atom is 0.253 e. The first-order valence-electron chi connectivity index (χ1n) is 5.45. The van der Waals surface area contributed by atoms with Gasteiger partial charge in [0.05, 0.1) is 12.0 Å². The molecule has 2 N–H and O–H groups in total. The van der Waals surface area contributed by atoms with E-state index in [9.17, 15) is 4.79 Å². The Morgan fingerprint density at radius 1 is 1.18 bits per heavy atom. The molecule has 1 unspecified atom stereocenters. The highest BCUT2D eigenvalue weighted by atomic mass is 16.3. The molecule has 1 aliphatic heterocycles. The highest BCUT2D eigenvalue weighted by Crippen LogP contribution is 2.32. The number of hydrogen-bond acceptors (Lipinski definition) is 3. The lowest BCUT2D eigenvalue weighted by Crippen LogP contribution is -2.31. The number of carbonyl (C=O) groups is 1. The average Bonchev–Trinajstić information content (AvgIpc) is 2.76. The largest absolute Gasteiger partial charge is 0.446 e. The van der Waals surface area contributed by atoms with E-state index in [0.29, 0.717) is 5.88 Å². The van der Waals surface area contributed by atoms with Crippen LogP contribution in [0, 0.1) is 6.92 Å². The fraction of sp³-hybridized carbons (Fsp3) is 0.154. The van der Waals surface area contributed by atoms with Crippen LogP contribution in [0.1, 0.15) is 17.2 Å². The summed E-state index contributed by atoms with van der Waals surface area (Å²) in [7, 11) is 0. The molecule has 0 saturated heterocycles. The highest BCUT2D eigenvalue weighted by molar-refractivity contribution is 6.01. The third-order valence-electron chi connectivity index (χ3n) is 2.87. The number of fused-ring (bicyclic) bond motifs is 1. The fourth-order valence-corrected chi connectivity index (χ4v) is 1.92. The molecule has 1 amide bonds. The first-order valence-corrected chi connectivity index (χ1v) is 5.45. The first-order chi connectivity index (χ1) is 8.24. The zero-order valence-electron chi connectivity index (χ0n) is 9.36. The lowest BCUT2D eigenvalue weighted by molar-refractivity contribution is -0.117. The van der Waals surface area contributed by atoms with E-state index in [-0.39, 0.29) is 11.9 Å². The van der Waals surface area contributed by atoms with Gasteiger partial charge in [0.25, 0.3) is 5.91 Å². The molecule has 2 aromatic rings. The second-order valence-electron chi connectivity index (χ2n) is 4.14. The first kappa shape index (κ1) is 9.96. The van der Waals surface area contributed by atoms with Crippen molar-refractivity contribution in [1.29, 1.82) is 0 Å². The van der Waals surface area contributed by atoms with Crippen molar-refractivity contribution in [3.05, 3.63) is 47.7 Å². The van der Waals surface area contributed by atoms with Crippen molar-refractivity contribution in [2.75, 3.05) is 10.6 Å². The SMILES string of the molecule is Cc1ccc(C2Nc3ccoc3NC2=O)cc1. The van der Waals surface area contributed by atoms with Crippen LogP contribution in [-0.4, -0.2) is 5.91 Å². The van der Waals surface area contributed by atoms with E-state index in [0.717, 1.165) is 11.3 Å². The Labute approximate surface area is 98.6 Å². The van der Waals surface area contributed by atoms with Gasteiger partial charge in [-0.25, -0.2) is 0 Å². The van der Waals surface area contributed by atoms with Gasteiger partial charge >= 0.3 is 0 Å². The summed E-state index contributed by atoms with van der Waals surface area (Å²) in [6.07, 6.45) is 1.55. The predicted molar refractivity (Wildman–Crippen MR) is 64.9 cm³/mol. The van der Waals surface area contributed by atoms with Crippen LogP contribution < -0.4 is 10.6 Å². The van der Waals surface area contributed by atoms with Gasteiger partial charge in [-0.05, 0) is 12.5 Å². The zero-order chi connectivity index (χ0) is 11.8. The summed E-state index contributed by atoms with van der Waals surface area (Å²) in [6, 6.07) is 9.34. The van der Waals surface area contributed by atoms with E-state index in [1.54, 1.807) is 12.3 Å². The van der Waals surface area contributed by atoms with E-state index in [1.165, 1.54) is 5.56 Å². The lowest BCUT2D eigenvalue weighted by Gasteiger charge is -2.23. The van der Waals surface area contributed by atoms with Gasteiger partial charge in [0.1, 0.15) is 6.04 Å². The van der Waals surface area contributed by atoms with Gasteiger partial charge in [0.15, 0.2) is 0 Å². The maximum atomic E-state index is 11.9. The Morgan fingerprint density at radius 3 is 2.71 bits per heavy atom. The number of anilines is 2. The van der Waals surface area contributed by atoms with Gasteiger partial charge in [-0.2, -0.15) is 0 Å². The topological polar surface area (TPSA) is 54.3 Å². The van der Waals surface area contributed by atoms with Crippen LogP contribution in [0.5, 0.6) is 0 Å². The number of nitrogens with one attached hydrogen (secondary N) is 2. The molecule has 17 heavy (non-hydrogen) atoms. The van der Waals surface area contributed by atoms with Crippen molar-refractivity contribution in [3.63, 3.8) is 0 Å². The van der Waals surface area contributed by atoms with Crippen LogP contribution in [0.2, 0.25) is 0 Å². The molecule has 1 atom stereocenters. The van der Waals surface area contributed by atoms with Crippen LogP contribution in [0.3, 0.4) is 0 Å². The predicted octanol–water partition coefficient (Wildman–Crippen LogP) is 2.69. The molecule has 0 spiro atoms. The number of amides is 1. The fourth-order valence-electron chi connectivity index (χ4n) is 1.92. The Bertz CT molecular complexity index is 557. The van der Waals surface area contributed by atoms with Crippen LogP contribution in [0.25, 0.3) is 0 Å². The standard InChI is InChI=1S/C13H12N2O2/c1-8-2-4-9(5-3-8)11-12(16)15-13-10(14-11)6-7-17-13/h2-7,11,14H,1H3,(H,15,16). The second kappa shape index (κ2) is 3.66. The summed E-state index contributed by atoms with van der Waals surface area (Å²) < 4.78 is 5.14. The number of aryl methyl sites for hydroxylation is 1. The quantitative estimate of drug-likeness (QED) is 0.789. The van der Waals surface area contributed by atoms with Gasteiger partial charge in [0.2, 0.25) is 5.88 Å². The van der Waals surface area contributed by atoms with Gasteiger partial charge in [-0.3, -0.25) is 10.1 Å². The Balaban J connectivity index is 1.95. The molecule has 0 fully saturated rings. The molecular weight excluding hydrogens is 216 g/mol. The maximum absolute atomic E-state index is 11.9. The van der Waals surface area contributed by atoms with E-state index in [2.05, 4.69) is 10.6 Å². The van der Waals surface area contributed by atoms with Gasteiger partial charge in [-0.1, -0.05) is 29.8 Å². The number of benzene rings is 1. The molecule has 0 radical (unpaired) electrons. The van der Waals surface area contributed by atoms with Crippen LogP contribution in [-0.2, 0) is 4.79 Å². The van der Waals surface area contributed by atoms with Crippen molar-refractivity contribution in [2.24, 2.45) is 0 Å². The smallest absolute Gasteiger partial charge is 0.253 e. The van der Waals surface area contributed by atoms with E-state index in [1.807, 2.05) is 31.2 Å². The molecule has 1 aromatic heterocycles. The Hall–Kier alpha value is -2.23. The van der Waals surface area contributed by atoms with E-state index >= 15 is 0 Å². The summed E-state index contributed by atoms with van der Waals surface area (Å²) in [5.74, 6) is 0.384. The van der Waals surface area contributed by atoms with E-state index in [4.69, 9.17) is 4.42 Å².